The van der Waals surface area contributed by atoms with E-state index in [0.29, 0.717) is 13.2 Å². The third-order valence-electron chi connectivity index (χ3n) is 1.86. The second kappa shape index (κ2) is 11.0. The van der Waals surface area contributed by atoms with Crippen molar-refractivity contribution in [3.63, 3.8) is 0 Å². The van der Waals surface area contributed by atoms with Crippen LogP contribution in [0.2, 0.25) is 0 Å². The Hall–Kier alpha value is -0.0551. The molecule has 0 aliphatic rings. The van der Waals surface area contributed by atoms with Crippen LogP contribution in [0.4, 0.5) is 0 Å². The zero-order valence-electron chi connectivity index (χ0n) is 9.75. The highest BCUT2D eigenvalue weighted by molar-refractivity contribution is 6.36. The molecule has 0 amide bonds. The fraction of sp³-hybridized carbons (Fsp3) is 1.00. The zero-order chi connectivity index (χ0) is 10.6. The Labute approximate surface area is 88.3 Å². The minimum absolute atomic E-state index is 0.466. The maximum Gasteiger partial charge on any atom is 0.639 e. The van der Waals surface area contributed by atoms with Crippen molar-refractivity contribution < 1.29 is 14.0 Å². The summed E-state index contributed by atoms with van der Waals surface area (Å²) in [6, 6.07) is 0. The highest BCUT2D eigenvalue weighted by Crippen LogP contribution is 2.01. The van der Waals surface area contributed by atoms with Gasteiger partial charge in [-0.1, -0.05) is 26.2 Å². The summed E-state index contributed by atoms with van der Waals surface area (Å²) >= 11 is 0. The van der Waals surface area contributed by atoms with E-state index in [2.05, 4.69) is 6.92 Å². The fourth-order valence-corrected chi connectivity index (χ4v) is 1.12. The molecule has 0 heterocycles. The molecule has 0 aromatic rings. The van der Waals surface area contributed by atoms with Crippen LogP contribution in [0.15, 0.2) is 0 Å². The van der Waals surface area contributed by atoms with E-state index in [0.717, 1.165) is 13.0 Å². The summed E-state index contributed by atoms with van der Waals surface area (Å²) in [5, 5.41) is 0. The van der Waals surface area contributed by atoms with Gasteiger partial charge in [0.25, 0.3) is 0 Å². The van der Waals surface area contributed by atoms with Crippen molar-refractivity contribution in [2.45, 2.75) is 46.5 Å². The average molecular weight is 202 g/mol. The second-order valence-electron chi connectivity index (χ2n) is 3.13. The molecule has 0 unspecified atom stereocenters. The zero-order valence-corrected chi connectivity index (χ0v) is 9.75. The van der Waals surface area contributed by atoms with E-state index in [1.54, 1.807) is 0 Å². The van der Waals surface area contributed by atoms with Crippen LogP contribution in [0.25, 0.3) is 0 Å². The van der Waals surface area contributed by atoms with Gasteiger partial charge in [-0.2, -0.15) is 0 Å². The van der Waals surface area contributed by atoms with Crippen LogP contribution in [0.3, 0.4) is 0 Å². The molecule has 14 heavy (non-hydrogen) atoms. The van der Waals surface area contributed by atoms with Crippen molar-refractivity contribution in [3.8, 4) is 0 Å². The predicted molar refractivity (Wildman–Crippen MR) is 59.1 cm³/mol. The summed E-state index contributed by atoms with van der Waals surface area (Å²) in [5.41, 5.74) is 0. The Balaban J connectivity index is 3.30. The molecular weight excluding hydrogens is 179 g/mol. The molecule has 4 heteroatoms. The van der Waals surface area contributed by atoms with E-state index in [1.807, 2.05) is 13.8 Å². The first-order valence-corrected chi connectivity index (χ1v) is 5.69. The van der Waals surface area contributed by atoms with E-state index >= 15 is 0 Å². The molecule has 0 saturated carbocycles. The molecule has 84 valence electrons. The molecule has 0 aromatic heterocycles. The van der Waals surface area contributed by atoms with Crippen molar-refractivity contribution in [2.24, 2.45) is 0 Å². The first kappa shape index (κ1) is 13.9. The molecule has 0 bridgehead atoms. The van der Waals surface area contributed by atoms with Crippen LogP contribution in [0.5, 0.6) is 0 Å². The van der Waals surface area contributed by atoms with Crippen LogP contribution in [-0.4, -0.2) is 27.1 Å². The van der Waals surface area contributed by atoms with Gasteiger partial charge >= 0.3 is 7.32 Å². The average Bonchev–Trinajstić information content (AvgIpc) is 2.18. The third kappa shape index (κ3) is 8.54. The van der Waals surface area contributed by atoms with Gasteiger partial charge in [-0.3, -0.25) is 0 Å². The van der Waals surface area contributed by atoms with Gasteiger partial charge in [0.15, 0.2) is 0 Å². The third-order valence-corrected chi connectivity index (χ3v) is 1.86. The highest BCUT2D eigenvalue weighted by Gasteiger charge is 2.18. The Bertz CT molecular complexity index is 106. The monoisotopic (exact) mass is 202 g/mol. The van der Waals surface area contributed by atoms with Crippen molar-refractivity contribution in [1.29, 1.82) is 0 Å². The smallest absolute Gasteiger partial charge is 0.386 e. The SMILES string of the molecule is CCCCCCOB(OCC)OCC. The van der Waals surface area contributed by atoms with Crippen LogP contribution in [-0.2, 0) is 14.0 Å². The molecule has 0 spiro atoms. The largest absolute Gasteiger partial charge is 0.639 e. The lowest BCUT2D eigenvalue weighted by Crippen LogP contribution is -2.27. The molecular formula is C10H23BO3. The summed E-state index contributed by atoms with van der Waals surface area (Å²) in [6.07, 6.45) is 4.84. The van der Waals surface area contributed by atoms with Crippen molar-refractivity contribution in [2.75, 3.05) is 19.8 Å². The van der Waals surface area contributed by atoms with Gasteiger partial charge in [0, 0.05) is 19.8 Å². The van der Waals surface area contributed by atoms with Gasteiger partial charge in [0.1, 0.15) is 0 Å². The lowest BCUT2D eigenvalue weighted by molar-refractivity contribution is 0.100. The van der Waals surface area contributed by atoms with E-state index in [9.17, 15) is 0 Å². The number of hydrogen-bond donors (Lipinski definition) is 0. The Kier molecular flexibility index (Phi) is 11.0. The quantitative estimate of drug-likeness (QED) is 0.402. The van der Waals surface area contributed by atoms with Crippen molar-refractivity contribution in [3.05, 3.63) is 0 Å². The summed E-state index contributed by atoms with van der Waals surface area (Å²) in [4.78, 5) is 0. The van der Waals surface area contributed by atoms with E-state index in [1.165, 1.54) is 19.3 Å². The lowest BCUT2D eigenvalue weighted by atomic mass is 10.2. The van der Waals surface area contributed by atoms with Gasteiger partial charge in [-0.25, -0.2) is 0 Å². The van der Waals surface area contributed by atoms with E-state index in [-0.39, 0.29) is 0 Å². The maximum atomic E-state index is 5.43. The van der Waals surface area contributed by atoms with Crippen LogP contribution < -0.4 is 0 Å². The molecule has 3 nitrogen and oxygen atoms in total. The standard InChI is InChI=1S/C10H23BO3/c1-4-7-8-9-10-14-11(12-5-2)13-6-3/h4-10H2,1-3H3. The first-order valence-electron chi connectivity index (χ1n) is 5.69. The summed E-state index contributed by atoms with van der Waals surface area (Å²) < 4.78 is 15.9. The summed E-state index contributed by atoms with van der Waals surface area (Å²) in [5.74, 6) is 0. The molecule has 0 saturated heterocycles. The Morgan fingerprint density at radius 2 is 1.43 bits per heavy atom. The number of rotatable bonds is 10. The maximum absolute atomic E-state index is 5.43. The van der Waals surface area contributed by atoms with Gasteiger partial charge < -0.3 is 14.0 Å². The topological polar surface area (TPSA) is 27.7 Å². The van der Waals surface area contributed by atoms with Gasteiger partial charge in [0.05, 0.1) is 0 Å². The van der Waals surface area contributed by atoms with Crippen LogP contribution in [0, 0.1) is 0 Å². The molecule has 0 atom stereocenters. The second-order valence-corrected chi connectivity index (χ2v) is 3.13. The molecule has 0 N–H and O–H groups in total. The molecule has 0 aliphatic heterocycles. The minimum atomic E-state index is -0.466. The molecule has 0 rings (SSSR count). The van der Waals surface area contributed by atoms with Crippen LogP contribution >= 0.6 is 0 Å². The molecule has 0 aromatic carbocycles. The highest BCUT2D eigenvalue weighted by atomic mass is 16.7. The Morgan fingerprint density at radius 3 is 1.93 bits per heavy atom. The normalized spacial score (nSPS) is 10.5. The van der Waals surface area contributed by atoms with Gasteiger partial charge in [0.2, 0.25) is 0 Å². The summed E-state index contributed by atoms with van der Waals surface area (Å²) in [7, 11) is -0.466. The fourth-order valence-electron chi connectivity index (χ4n) is 1.12. The van der Waals surface area contributed by atoms with E-state index < -0.39 is 7.32 Å². The molecule has 0 fully saturated rings. The van der Waals surface area contributed by atoms with E-state index in [4.69, 9.17) is 14.0 Å². The number of hydrogen-bond acceptors (Lipinski definition) is 3. The lowest BCUT2D eigenvalue weighted by Gasteiger charge is -2.11. The predicted octanol–water partition coefficient (Wildman–Crippen LogP) is 2.64. The van der Waals surface area contributed by atoms with Gasteiger partial charge in [-0.05, 0) is 20.3 Å². The van der Waals surface area contributed by atoms with Crippen molar-refractivity contribution in [1.82, 2.24) is 0 Å². The first-order chi connectivity index (χ1) is 6.85. The summed E-state index contributed by atoms with van der Waals surface area (Å²) in [6.45, 7) is 8.05. The van der Waals surface area contributed by atoms with Crippen LogP contribution in [0.1, 0.15) is 46.5 Å². The minimum Gasteiger partial charge on any atom is -0.386 e. The Morgan fingerprint density at radius 1 is 0.786 bits per heavy atom. The molecule has 0 radical (unpaired) electrons. The molecule has 0 aliphatic carbocycles. The van der Waals surface area contributed by atoms with Gasteiger partial charge in [-0.15, -0.1) is 0 Å². The number of unbranched alkanes of at least 4 members (excludes halogenated alkanes) is 3. The van der Waals surface area contributed by atoms with Crippen molar-refractivity contribution >= 4 is 7.32 Å².